The van der Waals surface area contributed by atoms with Gasteiger partial charge in [0, 0.05) is 11.8 Å². The Morgan fingerprint density at radius 3 is 2.76 bits per heavy atom. The van der Waals surface area contributed by atoms with E-state index in [9.17, 15) is 0 Å². The van der Waals surface area contributed by atoms with Crippen molar-refractivity contribution < 1.29 is 4.74 Å². The van der Waals surface area contributed by atoms with Crippen molar-refractivity contribution in [3.63, 3.8) is 0 Å². The van der Waals surface area contributed by atoms with Crippen molar-refractivity contribution in [2.45, 2.75) is 20.8 Å². The summed E-state index contributed by atoms with van der Waals surface area (Å²) in [5.74, 6) is 1.94. The monoisotopic (exact) mass is 249 g/mol. The lowest BCUT2D eigenvalue weighted by Gasteiger charge is -2.10. The highest BCUT2D eigenvalue weighted by atomic mass is 32.2. The van der Waals surface area contributed by atoms with E-state index in [2.05, 4.69) is 31.5 Å². The van der Waals surface area contributed by atoms with Crippen molar-refractivity contribution in [2.75, 3.05) is 12.4 Å². The summed E-state index contributed by atoms with van der Waals surface area (Å²) in [5.41, 5.74) is 2.26. The SMILES string of the molecule is C=CN=C(SCC)c1ccc(OCC)c(C)c1. The molecule has 0 heterocycles. The van der Waals surface area contributed by atoms with Crippen LogP contribution in [0.15, 0.2) is 36.0 Å². The Morgan fingerprint density at radius 2 is 2.24 bits per heavy atom. The van der Waals surface area contributed by atoms with Crippen molar-refractivity contribution >= 4 is 16.8 Å². The highest BCUT2D eigenvalue weighted by Crippen LogP contribution is 2.22. The molecule has 1 aromatic rings. The number of ether oxygens (including phenoxy) is 1. The molecule has 0 aliphatic heterocycles. The lowest BCUT2D eigenvalue weighted by molar-refractivity contribution is 0.338. The van der Waals surface area contributed by atoms with E-state index in [-0.39, 0.29) is 0 Å². The highest BCUT2D eigenvalue weighted by Gasteiger charge is 2.06. The molecule has 0 atom stereocenters. The van der Waals surface area contributed by atoms with E-state index in [0.29, 0.717) is 6.61 Å². The Kier molecular flexibility index (Phi) is 5.84. The normalized spacial score (nSPS) is 11.4. The van der Waals surface area contributed by atoms with Crippen LogP contribution in [-0.2, 0) is 0 Å². The van der Waals surface area contributed by atoms with Crippen LogP contribution < -0.4 is 4.74 Å². The maximum Gasteiger partial charge on any atom is 0.122 e. The summed E-state index contributed by atoms with van der Waals surface area (Å²) in [7, 11) is 0. The van der Waals surface area contributed by atoms with Gasteiger partial charge in [0.2, 0.25) is 0 Å². The fraction of sp³-hybridized carbons (Fsp3) is 0.357. The van der Waals surface area contributed by atoms with Crippen LogP contribution in [0, 0.1) is 6.92 Å². The quantitative estimate of drug-likeness (QED) is 0.580. The molecule has 0 bridgehead atoms. The lowest BCUT2D eigenvalue weighted by Crippen LogP contribution is -1.99. The van der Waals surface area contributed by atoms with Crippen molar-refractivity contribution in [1.29, 1.82) is 0 Å². The Bertz CT molecular complexity index is 413. The molecule has 0 aliphatic rings. The molecular formula is C14H19NOS. The van der Waals surface area contributed by atoms with Gasteiger partial charge in [0.15, 0.2) is 0 Å². The first-order valence-electron chi connectivity index (χ1n) is 5.78. The fourth-order valence-electron chi connectivity index (χ4n) is 1.51. The molecule has 2 nitrogen and oxygen atoms in total. The van der Waals surface area contributed by atoms with Crippen LogP contribution in [-0.4, -0.2) is 17.4 Å². The zero-order chi connectivity index (χ0) is 12.7. The van der Waals surface area contributed by atoms with Gasteiger partial charge in [0.1, 0.15) is 10.8 Å². The van der Waals surface area contributed by atoms with Gasteiger partial charge in [0.25, 0.3) is 0 Å². The second kappa shape index (κ2) is 7.17. The highest BCUT2D eigenvalue weighted by molar-refractivity contribution is 8.14. The summed E-state index contributed by atoms with van der Waals surface area (Å²) in [4.78, 5) is 4.30. The number of aliphatic imine (C=N–C) groups is 1. The molecule has 0 unspecified atom stereocenters. The molecule has 0 saturated carbocycles. The van der Waals surface area contributed by atoms with E-state index in [1.807, 2.05) is 19.1 Å². The Morgan fingerprint density at radius 1 is 1.47 bits per heavy atom. The molecule has 1 aromatic carbocycles. The Balaban J connectivity index is 3.01. The first-order valence-corrected chi connectivity index (χ1v) is 6.76. The van der Waals surface area contributed by atoms with E-state index < -0.39 is 0 Å². The Labute approximate surface area is 108 Å². The Hall–Kier alpha value is -1.22. The largest absolute Gasteiger partial charge is 0.494 e. The van der Waals surface area contributed by atoms with Gasteiger partial charge in [-0.15, -0.1) is 11.8 Å². The number of hydrogen-bond acceptors (Lipinski definition) is 3. The predicted octanol–water partition coefficient (Wildman–Crippen LogP) is 4.04. The van der Waals surface area contributed by atoms with Gasteiger partial charge in [-0.1, -0.05) is 13.5 Å². The molecule has 17 heavy (non-hydrogen) atoms. The molecule has 0 fully saturated rings. The van der Waals surface area contributed by atoms with Crippen LogP contribution in [0.5, 0.6) is 5.75 Å². The van der Waals surface area contributed by atoms with Gasteiger partial charge in [-0.2, -0.15) is 0 Å². The van der Waals surface area contributed by atoms with E-state index in [4.69, 9.17) is 4.74 Å². The van der Waals surface area contributed by atoms with Gasteiger partial charge in [-0.05, 0) is 43.4 Å². The summed E-state index contributed by atoms with van der Waals surface area (Å²) in [6, 6.07) is 6.15. The molecule has 0 amide bonds. The van der Waals surface area contributed by atoms with Crippen LogP contribution in [0.1, 0.15) is 25.0 Å². The van der Waals surface area contributed by atoms with Gasteiger partial charge in [-0.25, -0.2) is 4.99 Å². The van der Waals surface area contributed by atoms with Crippen molar-refractivity contribution in [3.8, 4) is 5.75 Å². The van der Waals surface area contributed by atoms with Crippen molar-refractivity contribution in [1.82, 2.24) is 0 Å². The third kappa shape index (κ3) is 3.93. The summed E-state index contributed by atoms with van der Waals surface area (Å²) < 4.78 is 5.52. The minimum atomic E-state index is 0.692. The molecule has 0 N–H and O–H groups in total. The third-order valence-corrected chi connectivity index (χ3v) is 3.11. The van der Waals surface area contributed by atoms with E-state index in [0.717, 1.165) is 27.7 Å². The summed E-state index contributed by atoms with van der Waals surface area (Å²) in [6.07, 6.45) is 1.59. The van der Waals surface area contributed by atoms with Gasteiger partial charge in [0.05, 0.1) is 6.61 Å². The average molecular weight is 249 g/mol. The van der Waals surface area contributed by atoms with Crippen molar-refractivity contribution in [3.05, 3.63) is 42.1 Å². The van der Waals surface area contributed by atoms with E-state index in [1.165, 1.54) is 0 Å². The number of benzene rings is 1. The van der Waals surface area contributed by atoms with E-state index >= 15 is 0 Å². The standard InChI is InChI=1S/C14H19NOS/c1-5-15-14(17-7-3)12-8-9-13(16-6-2)11(4)10-12/h5,8-10H,1,6-7H2,2-4H3. The maximum absolute atomic E-state index is 5.52. The molecular weight excluding hydrogens is 230 g/mol. The summed E-state index contributed by atoms with van der Waals surface area (Å²) in [5, 5.41) is 1.01. The first-order chi connectivity index (χ1) is 8.22. The second-order valence-corrected chi connectivity index (χ2v) is 4.72. The number of nitrogens with zero attached hydrogens (tertiary/aromatic N) is 1. The topological polar surface area (TPSA) is 21.6 Å². The zero-order valence-corrected chi connectivity index (χ0v) is 11.5. The van der Waals surface area contributed by atoms with Crippen LogP contribution in [0.3, 0.4) is 0 Å². The van der Waals surface area contributed by atoms with Gasteiger partial charge in [-0.3, -0.25) is 0 Å². The molecule has 0 radical (unpaired) electrons. The molecule has 0 spiro atoms. The van der Waals surface area contributed by atoms with Gasteiger partial charge >= 0.3 is 0 Å². The predicted molar refractivity (Wildman–Crippen MR) is 77.2 cm³/mol. The molecule has 1 rings (SSSR count). The van der Waals surface area contributed by atoms with Crippen LogP contribution in [0.4, 0.5) is 0 Å². The molecule has 0 saturated heterocycles. The first kappa shape index (κ1) is 13.8. The minimum Gasteiger partial charge on any atom is -0.494 e. The van der Waals surface area contributed by atoms with Crippen LogP contribution in [0.2, 0.25) is 0 Å². The molecule has 3 heteroatoms. The molecule has 0 aromatic heterocycles. The fourth-order valence-corrected chi connectivity index (χ4v) is 2.23. The number of aryl methyl sites for hydroxylation is 1. The van der Waals surface area contributed by atoms with Crippen LogP contribution >= 0.6 is 11.8 Å². The number of hydrogen-bond donors (Lipinski definition) is 0. The number of thioether (sulfide) groups is 1. The summed E-state index contributed by atoms with van der Waals surface area (Å²) in [6.45, 7) is 10.5. The lowest BCUT2D eigenvalue weighted by atomic mass is 10.1. The van der Waals surface area contributed by atoms with E-state index in [1.54, 1.807) is 18.0 Å². The zero-order valence-electron chi connectivity index (χ0n) is 10.7. The maximum atomic E-state index is 5.52. The summed E-state index contributed by atoms with van der Waals surface area (Å²) >= 11 is 1.72. The van der Waals surface area contributed by atoms with Crippen LogP contribution in [0.25, 0.3) is 0 Å². The minimum absolute atomic E-state index is 0.692. The molecule has 0 aliphatic carbocycles. The second-order valence-electron chi connectivity index (χ2n) is 3.46. The van der Waals surface area contributed by atoms with Gasteiger partial charge < -0.3 is 4.74 Å². The average Bonchev–Trinajstić information content (AvgIpc) is 2.32. The van der Waals surface area contributed by atoms with Crippen molar-refractivity contribution in [2.24, 2.45) is 4.99 Å². The molecule has 92 valence electrons. The third-order valence-electron chi connectivity index (χ3n) is 2.21. The number of rotatable bonds is 5. The smallest absolute Gasteiger partial charge is 0.122 e.